The number of carboxylic acids is 1. The first-order chi connectivity index (χ1) is 9.13. The molecule has 1 atom stereocenters. The van der Waals surface area contributed by atoms with E-state index in [2.05, 4.69) is 19.1 Å². The Bertz CT molecular complexity index is 570. The van der Waals surface area contributed by atoms with Gasteiger partial charge < -0.3 is 5.11 Å². The SMILES string of the molecule is CCc1ccccc1-c1ccc(C(C)C(=O)O)cc1. The lowest BCUT2D eigenvalue weighted by molar-refractivity contribution is -0.138. The van der Waals surface area contributed by atoms with Gasteiger partial charge in [0.1, 0.15) is 0 Å². The second kappa shape index (κ2) is 5.70. The molecular formula is C17H18O2. The summed E-state index contributed by atoms with van der Waals surface area (Å²) in [4.78, 5) is 11.0. The third-order valence-electron chi connectivity index (χ3n) is 3.49. The molecule has 2 rings (SSSR count). The second-order valence-electron chi connectivity index (χ2n) is 4.69. The van der Waals surface area contributed by atoms with Gasteiger partial charge in [0.05, 0.1) is 5.92 Å². The molecule has 2 aromatic rings. The van der Waals surface area contributed by atoms with Crippen LogP contribution in [0.15, 0.2) is 48.5 Å². The standard InChI is InChI=1S/C17H18O2/c1-3-13-6-4-5-7-16(13)15-10-8-14(9-11-15)12(2)17(18)19/h4-12H,3H2,1-2H3,(H,18,19). The maximum Gasteiger partial charge on any atom is 0.310 e. The number of carbonyl (C=O) groups is 1. The maximum absolute atomic E-state index is 11.0. The summed E-state index contributed by atoms with van der Waals surface area (Å²) in [6.45, 7) is 3.84. The van der Waals surface area contributed by atoms with E-state index in [-0.39, 0.29) is 0 Å². The molecule has 0 aliphatic rings. The highest BCUT2D eigenvalue weighted by atomic mass is 16.4. The topological polar surface area (TPSA) is 37.3 Å². The van der Waals surface area contributed by atoms with Crippen molar-refractivity contribution in [3.63, 3.8) is 0 Å². The summed E-state index contributed by atoms with van der Waals surface area (Å²) >= 11 is 0. The number of aliphatic carboxylic acids is 1. The first kappa shape index (κ1) is 13.3. The summed E-state index contributed by atoms with van der Waals surface area (Å²) < 4.78 is 0. The van der Waals surface area contributed by atoms with Gasteiger partial charge in [-0.2, -0.15) is 0 Å². The van der Waals surface area contributed by atoms with E-state index in [0.717, 1.165) is 17.5 Å². The van der Waals surface area contributed by atoms with Crippen LogP contribution >= 0.6 is 0 Å². The van der Waals surface area contributed by atoms with E-state index >= 15 is 0 Å². The molecule has 0 aliphatic carbocycles. The summed E-state index contributed by atoms with van der Waals surface area (Å²) in [6.07, 6.45) is 0.990. The molecule has 98 valence electrons. The lowest BCUT2D eigenvalue weighted by Gasteiger charge is -2.10. The first-order valence-electron chi connectivity index (χ1n) is 6.54. The minimum atomic E-state index is -0.790. The van der Waals surface area contributed by atoms with Crippen molar-refractivity contribution in [1.29, 1.82) is 0 Å². The van der Waals surface area contributed by atoms with Gasteiger partial charge in [0.25, 0.3) is 0 Å². The van der Waals surface area contributed by atoms with Crippen molar-refractivity contribution < 1.29 is 9.90 Å². The first-order valence-corrected chi connectivity index (χ1v) is 6.54. The monoisotopic (exact) mass is 254 g/mol. The maximum atomic E-state index is 11.0. The van der Waals surface area contributed by atoms with Crippen molar-refractivity contribution in [3.8, 4) is 11.1 Å². The van der Waals surface area contributed by atoms with Crippen molar-refractivity contribution in [2.45, 2.75) is 26.2 Å². The van der Waals surface area contributed by atoms with Gasteiger partial charge in [-0.15, -0.1) is 0 Å². The van der Waals surface area contributed by atoms with E-state index in [1.54, 1.807) is 6.92 Å². The molecule has 2 aromatic carbocycles. The Morgan fingerprint density at radius 2 is 1.74 bits per heavy atom. The van der Waals surface area contributed by atoms with Crippen LogP contribution in [0.4, 0.5) is 0 Å². The van der Waals surface area contributed by atoms with E-state index in [1.165, 1.54) is 11.1 Å². The van der Waals surface area contributed by atoms with Gasteiger partial charge >= 0.3 is 5.97 Å². The molecule has 19 heavy (non-hydrogen) atoms. The van der Waals surface area contributed by atoms with E-state index in [0.29, 0.717) is 0 Å². The van der Waals surface area contributed by atoms with E-state index in [9.17, 15) is 4.79 Å². The summed E-state index contributed by atoms with van der Waals surface area (Å²) in [5, 5.41) is 9.00. The molecule has 1 unspecified atom stereocenters. The molecule has 0 saturated heterocycles. The van der Waals surface area contributed by atoms with Crippen LogP contribution in [0.2, 0.25) is 0 Å². The molecule has 2 nitrogen and oxygen atoms in total. The summed E-state index contributed by atoms with van der Waals surface area (Å²) in [7, 11) is 0. The third kappa shape index (κ3) is 2.84. The van der Waals surface area contributed by atoms with Crippen LogP contribution in [0, 0.1) is 0 Å². The van der Waals surface area contributed by atoms with Crippen LogP contribution in [0.1, 0.15) is 30.9 Å². The van der Waals surface area contributed by atoms with Gasteiger partial charge in [-0.05, 0) is 35.6 Å². The normalized spacial score (nSPS) is 12.1. The number of hydrogen-bond donors (Lipinski definition) is 1. The van der Waals surface area contributed by atoms with E-state index < -0.39 is 11.9 Å². The van der Waals surface area contributed by atoms with Crippen molar-refractivity contribution in [2.24, 2.45) is 0 Å². The van der Waals surface area contributed by atoms with Crippen LogP contribution in [0.5, 0.6) is 0 Å². The van der Waals surface area contributed by atoms with Crippen molar-refractivity contribution in [1.82, 2.24) is 0 Å². The molecule has 0 spiro atoms. The zero-order chi connectivity index (χ0) is 13.8. The third-order valence-corrected chi connectivity index (χ3v) is 3.49. The van der Waals surface area contributed by atoms with Crippen LogP contribution in [-0.2, 0) is 11.2 Å². The quantitative estimate of drug-likeness (QED) is 0.891. The van der Waals surface area contributed by atoms with Gasteiger partial charge in [0.15, 0.2) is 0 Å². The Kier molecular flexibility index (Phi) is 4.00. The average Bonchev–Trinajstić information content (AvgIpc) is 2.46. The fourth-order valence-corrected chi connectivity index (χ4v) is 2.20. The molecule has 0 radical (unpaired) electrons. The molecule has 0 amide bonds. The summed E-state index contributed by atoms with van der Waals surface area (Å²) in [5.74, 6) is -1.25. The summed E-state index contributed by atoms with van der Waals surface area (Å²) in [6, 6.07) is 16.1. The largest absolute Gasteiger partial charge is 0.481 e. The number of aryl methyl sites for hydroxylation is 1. The Labute approximate surface area is 113 Å². The predicted molar refractivity (Wildman–Crippen MR) is 77.3 cm³/mol. The Morgan fingerprint density at radius 1 is 1.11 bits per heavy atom. The smallest absolute Gasteiger partial charge is 0.310 e. The van der Waals surface area contributed by atoms with Crippen molar-refractivity contribution >= 4 is 5.97 Å². The lowest BCUT2D eigenvalue weighted by Crippen LogP contribution is -2.06. The zero-order valence-corrected chi connectivity index (χ0v) is 11.3. The summed E-state index contributed by atoms with van der Waals surface area (Å²) in [5.41, 5.74) is 4.50. The number of carboxylic acid groups (broad SMARTS) is 1. The van der Waals surface area contributed by atoms with E-state index in [4.69, 9.17) is 5.11 Å². The lowest BCUT2D eigenvalue weighted by atomic mass is 9.94. The van der Waals surface area contributed by atoms with Crippen LogP contribution in [0.25, 0.3) is 11.1 Å². The fraction of sp³-hybridized carbons (Fsp3) is 0.235. The van der Waals surface area contributed by atoms with Crippen LogP contribution < -0.4 is 0 Å². The van der Waals surface area contributed by atoms with Gasteiger partial charge in [0, 0.05) is 0 Å². The Morgan fingerprint density at radius 3 is 2.32 bits per heavy atom. The molecule has 0 saturated carbocycles. The minimum absolute atomic E-state index is 0.463. The zero-order valence-electron chi connectivity index (χ0n) is 11.3. The Hall–Kier alpha value is -2.09. The van der Waals surface area contributed by atoms with Crippen LogP contribution in [0.3, 0.4) is 0 Å². The highest BCUT2D eigenvalue weighted by molar-refractivity contribution is 5.76. The molecule has 0 heterocycles. The molecule has 0 aromatic heterocycles. The number of hydrogen-bond acceptors (Lipinski definition) is 1. The highest BCUT2D eigenvalue weighted by Gasteiger charge is 2.13. The molecule has 0 bridgehead atoms. The number of benzene rings is 2. The molecule has 2 heteroatoms. The predicted octanol–water partition coefficient (Wildman–Crippen LogP) is 4.10. The van der Waals surface area contributed by atoms with Gasteiger partial charge in [-0.3, -0.25) is 4.79 Å². The fourth-order valence-electron chi connectivity index (χ4n) is 2.20. The minimum Gasteiger partial charge on any atom is -0.481 e. The Balaban J connectivity index is 2.35. The molecule has 1 N–H and O–H groups in total. The highest BCUT2D eigenvalue weighted by Crippen LogP contribution is 2.26. The van der Waals surface area contributed by atoms with Crippen LogP contribution in [-0.4, -0.2) is 11.1 Å². The second-order valence-corrected chi connectivity index (χ2v) is 4.69. The van der Waals surface area contributed by atoms with Gasteiger partial charge in [-0.25, -0.2) is 0 Å². The van der Waals surface area contributed by atoms with Gasteiger partial charge in [-0.1, -0.05) is 55.5 Å². The molecule has 0 fully saturated rings. The molecular weight excluding hydrogens is 236 g/mol. The average molecular weight is 254 g/mol. The van der Waals surface area contributed by atoms with Gasteiger partial charge in [0.2, 0.25) is 0 Å². The van der Waals surface area contributed by atoms with E-state index in [1.807, 2.05) is 36.4 Å². The van der Waals surface area contributed by atoms with Crippen molar-refractivity contribution in [2.75, 3.05) is 0 Å². The molecule has 0 aliphatic heterocycles. The van der Waals surface area contributed by atoms with Crippen molar-refractivity contribution in [3.05, 3.63) is 59.7 Å². The number of rotatable bonds is 4.